The number of piperidine rings is 1. The number of nitrogens with zero attached hydrogens (tertiary/aromatic N) is 2. The van der Waals surface area contributed by atoms with Crippen LogP contribution < -0.4 is 33.2 Å². The molecule has 1 fully saturated rings. The van der Waals surface area contributed by atoms with E-state index in [9.17, 15) is 4.79 Å². The molecule has 0 aliphatic carbocycles. The summed E-state index contributed by atoms with van der Waals surface area (Å²) in [5.74, 6) is 1.09. The molecule has 2 rings (SSSR count). The summed E-state index contributed by atoms with van der Waals surface area (Å²) in [6, 6.07) is 6.01. The molecule has 4 nitrogen and oxygen atoms in total. The van der Waals surface area contributed by atoms with Crippen LogP contribution in [0.3, 0.4) is 0 Å². The molecule has 1 aliphatic rings. The molecule has 130 valence electrons. The van der Waals surface area contributed by atoms with Crippen LogP contribution in [0.4, 0.5) is 10.5 Å². The van der Waals surface area contributed by atoms with E-state index in [0.717, 1.165) is 25.9 Å². The minimum absolute atomic E-state index is 0. The van der Waals surface area contributed by atoms with Crippen LogP contribution in [-0.2, 0) is 0 Å². The Bertz CT molecular complexity index is 532. The maximum Gasteiger partial charge on any atom is 0.415 e. The quantitative estimate of drug-likeness (QED) is 0.527. The van der Waals surface area contributed by atoms with Crippen LogP contribution in [0.25, 0.3) is 0 Å². The van der Waals surface area contributed by atoms with E-state index in [1.54, 1.807) is 0 Å². The molecule has 1 saturated heterocycles. The number of benzene rings is 1. The molecule has 0 unspecified atom stereocenters. The van der Waals surface area contributed by atoms with Gasteiger partial charge in [0.1, 0.15) is 11.4 Å². The maximum absolute atomic E-state index is 12.2. The van der Waals surface area contributed by atoms with Gasteiger partial charge in [-0.15, -0.1) is 0 Å². The van der Waals surface area contributed by atoms with Gasteiger partial charge in [-0.25, -0.2) is 4.79 Å². The number of quaternary nitrogens is 1. The Morgan fingerprint density at radius 3 is 2.26 bits per heavy atom. The average Bonchev–Trinajstić information content (AvgIpc) is 2.47. The molecular formula is C18H29IN2O2. The number of rotatable bonds is 3. The average molecular weight is 432 g/mol. The molecule has 1 aromatic rings. The smallest absolute Gasteiger partial charge is 0.415 e. The van der Waals surface area contributed by atoms with Crippen LogP contribution in [0, 0.1) is 0 Å². The van der Waals surface area contributed by atoms with Gasteiger partial charge in [0.2, 0.25) is 0 Å². The lowest BCUT2D eigenvalue weighted by Crippen LogP contribution is -3.00. The predicted octanol–water partition coefficient (Wildman–Crippen LogP) is 0.995. The van der Waals surface area contributed by atoms with E-state index in [-0.39, 0.29) is 30.1 Å². The van der Waals surface area contributed by atoms with E-state index < -0.39 is 0 Å². The minimum Gasteiger partial charge on any atom is -1.00 e. The number of amides is 1. The van der Waals surface area contributed by atoms with Crippen molar-refractivity contribution >= 4 is 11.8 Å². The molecule has 0 radical (unpaired) electrons. The van der Waals surface area contributed by atoms with E-state index in [1.165, 1.54) is 17.7 Å². The third kappa shape index (κ3) is 5.35. The Morgan fingerprint density at radius 2 is 1.74 bits per heavy atom. The van der Waals surface area contributed by atoms with Gasteiger partial charge in [0, 0.05) is 24.7 Å². The lowest BCUT2D eigenvalue weighted by molar-refractivity contribution is -0.0000109. The molecule has 5 heteroatoms. The zero-order valence-electron chi connectivity index (χ0n) is 14.9. The van der Waals surface area contributed by atoms with Crippen molar-refractivity contribution in [2.45, 2.75) is 39.0 Å². The second-order valence-corrected chi connectivity index (χ2v) is 7.30. The van der Waals surface area contributed by atoms with Crippen LogP contribution in [0.1, 0.15) is 44.6 Å². The van der Waals surface area contributed by atoms with Crippen molar-refractivity contribution in [1.82, 2.24) is 9.38 Å². The fourth-order valence-electron chi connectivity index (χ4n) is 2.90. The predicted molar refractivity (Wildman–Crippen MR) is 91.5 cm³/mol. The highest BCUT2D eigenvalue weighted by molar-refractivity contribution is 5.71. The number of carbonyl (C=O) groups is 1. The Labute approximate surface area is 157 Å². The molecule has 0 N–H and O–H groups in total. The maximum atomic E-state index is 12.2. The molecule has 0 spiro atoms. The second-order valence-electron chi connectivity index (χ2n) is 7.30. The molecule has 23 heavy (non-hydrogen) atoms. The molecule has 0 saturated carbocycles. The number of hydrogen-bond acceptors (Lipinski definition) is 2. The summed E-state index contributed by atoms with van der Waals surface area (Å²) < 4.78 is 6.31. The normalized spacial score (nSPS) is 15.3. The Kier molecular flexibility index (Phi) is 7.32. The van der Waals surface area contributed by atoms with Gasteiger partial charge in [0.25, 0.3) is 0 Å². The van der Waals surface area contributed by atoms with Gasteiger partial charge in [-0.05, 0) is 37.3 Å². The first-order valence-corrected chi connectivity index (χ1v) is 8.22. The van der Waals surface area contributed by atoms with Gasteiger partial charge in [0.05, 0.1) is 21.1 Å². The van der Waals surface area contributed by atoms with Crippen molar-refractivity contribution in [2.75, 3.05) is 34.2 Å². The summed E-state index contributed by atoms with van der Waals surface area (Å²) in [5.41, 5.74) is 2.49. The number of halogens is 1. The zero-order chi connectivity index (χ0) is 16.3. The zero-order valence-corrected chi connectivity index (χ0v) is 17.1. The Hall–Kier alpha value is -0.820. The summed E-state index contributed by atoms with van der Waals surface area (Å²) >= 11 is 0. The first-order chi connectivity index (χ1) is 10.3. The van der Waals surface area contributed by atoms with Crippen molar-refractivity contribution in [3.63, 3.8) is 0 Å². The SMILES string of the molecule is CC(C)c1ccc(OC(=O)N2CCCCC2)cc1[N+](C)(C)C.[I-]. The van der Waals surface area contributed by atoms with Gasteiger partial charge in [-0.2, -0.15) is 0 Å². The van der Waals surface area contributed by atoms with Gasteiger partial charge >= 0.3 is 6.09 Å². The third-order valence-corrected chi connectivity index (χ3v) is 4.17. The van der Waals surface area contributed by atoms with Crippen LogP contribution in [-0.4, -0.2) is 45.2 Å². The lowest BCUT2D eigenvalue weighted by atomic mass is 9.99. The molecule has 0 bridgehead atoms. The number of carbonyl (C=O) groups excluding carboxylic acids is 1. The van der Waals surface area contributed by atoms with Crippen LogP contribution in [0.15, 0.2) is 18.2 Å². The highest BCUT2D eigenvalue weighted by Gasteiger charge is 2.23. The first kappa shape index (κ1) is 20.2. The molecule has 0 atom stereocenters. The summed E-state index contributed by atoms with van der Waals surface area (Å²) in [6.45, 7) is 6.00. The van der Waals surface area contributed by atoms with Gasteiger partial charge in [-0.3, -0.25) is 4.48 Å². The summed E-state index contributed by atoms with van der Waals surface area (Å²) in [6.07, 6.45) is 3.14. The first-order valence-electron chi connectivity index (χ1n) is 8.22. The fourth-order valence-corrected chi connectivity index (χ4v) is 2.90. The second kappa shape index (κ2) is 8.33. The van der Waals surface area contributed by atoms with Crippen molar-refractivity contribution in [2.24, 2.45) is 0 Å². The van der Waals surface area contributed by atoms with Crippen LogP contribution in [0.5, 0.6) is 5.75 Å². The number of ether oxygens (including phenoxy) is 1. The van der Waals surface area contributed by atoms with E-state index in [4.69, 9.17) is 4.74 Å². The largest absolute Gasteiger partial charge is 1.00 e. The van der Waals surface area contributed by atoms with Crippen molar-refractivity contribution in [3.05, 3.63) is 23.8 Å². The standard InChI is InChI=1S/C18H29N2O2.HI/c1-14(2)16-10-9-15(13-17(16)20(3,4)5)22-18(21)19-11-7-6-8-12-19;/h9-10,13-14H,6-8,11-12H2,1-5H3;1H/q+1;/p-1. The molecular weight excluding hydrogens is 403 g/mol. The molecule has 1 aromatic carbocycles. The van der Waals surface area contributed by atoms with Crippen molar-refractivity contribution in [1.29, 1.82) is 0 Å². The Balaban J connectivity index is 0.00000264. The number of likely N-dealkylation sites (tertiary alicyclic amines) is 1. The summed E-state index contributed by atoms with van der Waals surface area (Å²) in [5, 5.41) is 0. The number of hydrogen-bond donors (Lipinski definition) is 0. The molecule has 1 aliphatic heterocycles. The van der Waals surface area contributed by atoms with E-state index >= 15 is 0 Å². The van der Waals surface area contributed by atoms with E-state index in [2.05, 4.69) is 41.1 Å². The summed E-state index contributed by atoms with van der Waals surface area (Å²) in [7, 11) is 6.41. The molecule has 1 amide bonds. The van der Waals surface area contributed by atoms with Crippen molar-refractivity contribution < 1.29 is 33.5 Å². The molecule has 0 aromatic heterocycles. The van der Waals surface area contributed by atoms with Gasteiger partial charge in [-0.1, -0.05) is 13.8 Å². The van der Waals surface area contributed by atoms with Crippen molar-refractivity contribution in [3.8, 4) is 5.75 Å². The highest BCUT2D eigenvalue weighted by Crippen LogP contribution is 2.33. The third-order valence-electron chi connectivity index (χ3n) is 4.17. The fraction of sp³-hybridized carbons (Fsp3) is 0.611. The van der Waals surface area contributed by atoms with Gasteiger partial charge in [0.15, 0.2) is 0 Å². The summed E-state index contributed by atoms with van der Waals surface area (Å²) in [4.78, 5) is 14.1. The van der Waals surface area contributed by atoms with E-state index in [1.807, 2.05) is 17.0 Å². The van der Waals surface area contributed by atoms with Crippen LogP contribution in [0.2, 0.25) is 0 Å². The van der Waals surface area contributed by atoms with Gasteiger partial charge < -0.3 is 33.6 Å². The highest BCUT2D eigenvalue weighted by atomic mass is 127. The van der Waals surface area contributed by atoms with E-state index in [0.29, 0.717) is 16.2 Å². The minimum atomic E-state index is -0.218. The topological polar surface area (TPSA) is 29.5 Å². The Morgan fingerprint density at radius 1 is 1.13 bits per heavy atom. The monoisotopic (exact) mass is 432 g/mol. The molecule has 1 heterocycles. The lowest BCUT2D eigenvalue weighted by Gasteiger charge is -2.28. The van der Waals surface area contributed by atoms with Crippen LogP contribution >= 0.6 is 0 Å².